The highest BCUT2D eigenvalue weighted by atomic mass is 32.2. The summed E-state index contributed by atoms with van der Waals surface area (Å²) < 4.78 is 51.2. The van der Waals surface area contributed by atoms with Crippen LogP contribution in [-0.2, 0) is 14.8 Å². The highest BCUT2D eigenvalue weighted by Gasteiger charge is 2.21. The van der Waals surface area contributed by atoms with E-state index in [1.165, 1.54) is 6.07 Å². The third-order valence-corrected chi connectivity index (χ3v) is 4.22. The maximum atomic E-state index is 13.4. The Labute approximate surface area is 129 Å². The van der Waals surface area contributed by atoms with E-state index in [4.69, 9.17) is 0 Å². The monoisotopic (exact) mass is 334 g/mol. The van der Waals surface area contributed by atoms with Crippen LogP contribution in [0, 0.1) is 17.6 Å². The Kier molecular flexibility index (Phi) is 6.43. The van der Waals surface area contributed by atoms with Crippen molar-refractivity contribution in [1.29, 1.82) is 0 Å². The first-order valence-electron chi connectivity index (χ1n) is 6.80. The fourth-order valence-electron chi connectivity index (χ4n) is 1.72. The first-order chi connectivity index (χ1) is 10.1. The smallest absolute Gasteiger partial charge is 0.239 e. The van der Waals surface area contributed by atoms with E-state index in [0.717, 1.165) is 22.7 Å². The molecule has 1 aromatic rings. The molecule has 0 saturated carbocycles. The zero-order valence-electron chi connectivity index (χ0n) is 12.8. The molecule has 0 aliphatic rings. The highest BCUT2D eigenvalue weighted by molar-refractivity contribution is 7.88. The largest absolute Gasteiger partial charge is 0.320 e. The molecule has 0 saturated heterocycles. The lowest BCUT2D eigenvalue weighted by molar-refractivity contribution is -0.116. The number of hydrogen-bond acceptors (Lipinski definition) is 3. The van der Waals surface area contributed by atoms with Gasteiger partial charge in [0.2, 0.25) is 15.9 Å². The molecular weight excluding hydrogens is 314 g/mol. The third kappa shape index (κ3) is 5.69. The second-order valence-corrected chi connectivity index (χ2v) is 7.41. The van der Waals surface area contributed by atoms with E-state index in [-0.39, 0.29) is 12.5 Å². The van der Waals surface area contributed by atoms with Gasteiger partial charge in [-0.3, -0.25) is 4.79 Å². The molecule has 1 amide bonds. The average molecular weight is 334 g/mol. The predicted molar refractivity (Wildman–Crippen MR) is 80.9 cm³/mol. The molecule has 0 aromatic heterocycles. The first kappa shape index (κ1) is 18.5. The number of sulfonamides is 1. The molecule has 1 N–H and O–H groups in total. The van der Waals surface area contributed by atoms with Gasteiger partial charge in [-0.1, -0.05) is 19.9 Å². The first-order valence-corrected chi connectivity index (χ1v) is 8.65. The van der Waals surface area contributed by atoms with Crippen molar-refractivity contribution in [3.05, 3.63) is 29.8 Å². The Morgan fingerprint density at radius 3 is 2.27 bits per heavy atom. The summed E-state index contributed by atoms with van der Waals surface area (Å²) in [5.74, 6) is -2.36. The van der Waals surface area contributed by atoms with Gasteiger partial charge in [-0.2, -0.15) is 4.31 Å². The van der Waals surface area contributed by atoms with Gasteiger partial charge in [0.1, 0.15) is 17.3 Å². The van der Waals surface area contributed by atoms with Gasteiger partial charge in [-0.25, -0.2) is 17.2 Å². The molecule has 0 fully saturated rings. The van der Waals surface area contributed by atoms with Crippen LogP contribution in [0.4, 0.5) is 14.5 Å². The minimum absolute atomic E-state index is 0.170. The molecule has 0 spiro atoms. The molecule has 22 heavy (non-hydrogen) atoms. The van der Waals surface area contributed by atoms with Gasteiger partial charge in [0.25, 0.3) is 0 Å². The van der Waals surface area contributed by atoms with Crippen molar-refractivity contribution in [3.8, 4) is 0 Å². The number of benzene rings is 1. The minimum atomic E-state index is -3.58. The number of carbonyl (C=O) groups is 1. The molecule has 1 rings (SSSR count). The normalized spacial score (nSPS) is 12.0. The van der Waals surface area contributed by atoms with Crippen molar-refractivity contribution in [2.24, 2.45) is 5.92 Å². The topological polar surface area (TPSA) is 66.5 Å². The van der Waals surface area contributed by atoms with Gasteiger partial charge in [-0.15, -0.1) is 0 Å². The van der Waals surface area contributed by atoms with Crippen LogP contribution in [0.15, 0.2) is 18.2 Å². The fourth-order valence-corrected chi connectivity index (χ4v) is 2.51. The molecule has 5 nitrogen and oxygen atoms in total. The molecule has 0 unspecified atom stereocenters. The summed E-state index contributed by atoms with van der Waals surface area (Å²) in [7, 11) is -3.58. The van der Waals surface area contributed by atoms with Gasteiger partial charge in [0.15, 0.2) is 0 Å². The van der Waals surface area contributed by atoms with Gasteiger partial charge >= 0.3 is 0 Å². The molecule has 0 atom stereocenters. The molecule has 8 heteroatoms. The maximum absolute atomic E-state index is 13.4. The van der Waals surface area contributed by atoms with Crippen LogP contribution in [0.3, 0.4) is 0 Å². The number of hydrogen-bond donors (Lipinski definition) is 1. The van der Waals surface area contributed by atoms with Crippen LogP contribution >= 0.6 is 0 Å². The van der Waals surface area contributed by atoms with Crippen molar-refractivity contribution >= 4 is 21.6 Å². The summed E-state index contributed by atoms with van der Waals surface area (Å²) >= 11 is 0. The molecule has 0 heterocycles. The van der Waals surface area contributed by atoms with Gasteiger partial charge in [0.05, 0.1) is 12.8 Å². The molecular formula is C14H20F2N2O3S. The van der Waals surface area contributed by atoms with Crippen LogP contribution in [0.1, 0.15) is 20.3 Å². The van der Waals surface area contributed by atoms with Crippen LogP contribution in [0.5, 0.6) is 0 Å². The van der Waals surface area contributed by atoms with Crippen molar-refractivity contribution in [2.45, 2.75) is 20.3 Å². The minimum Gasteiger partial charge on any atom is -0.320 e. The number of anilines is 1. The number of nitrogens with zero attached hydrogens (tertiary/aromatic N) is 1. The van der Waals surface area contributed by atoms with Crippen molar-refractivity contribution in [3.63, 3.8) is 0 Å². The zero-order valence-corrected chi connectivity index (χ0v) is 13.6. The maximum Gasteiger partial charge on any atom is 0.239 e. The van der Waals surface area contributed by atoms with Gasteiger partial charge < -0.3 is 5.32 Å². The van der Waals surface area contributed by atoms with Gasteiger partial charge in [-0.05, 0) is 24.5 Å². The number of rotatable bonds is 7. The Balaban J connectivity index is 2.79. The number of para-hydroxylation sites is 1. The van der Waals surface area contributed by atoms with Crippen molar-refractivity contribution in [1.82, 2.24) is 4.31 Å². The van der Waals surface area contributed by atoms with Crippen LogP contribution in [-0.4, -0.2) is 38.0 Å². The summed E-state index contributed by atoms with van der Waals surface area (Å²) in [5, 5.41) is 2.07. The summed E-state index contributed by atoms with van der Waals surface area (Å²) in [4.78, 5) is 11.9. The van der Waals surface area contributed by atoms with E-state index >= 15 is 0 Å². The zero-order chi connectivity index (χ0) is 16.9. The summed E-state index contributed by atoms with van der Waals surface area (Å²) in [6, 6.07) is 3.18. The van der Waals surface area contributed by atoms with Crippen LogP contribution < -0.4 is 5.32 Å². The molecule has 124 valence electrons. The van der Waals surface area contributed by atoms with E-state index in [0.29, 0.717) is 6.42 Å². The lowest BCUT2D eigenvalue weighted by Crippen LogP contribution is -2.38. The standard InChI is InChI=1S/C14H20F2N2O3S/c1-10(2)7-8-18(22(3,20)21)9-13(19)17-14-11(15)5-4-6-12(14)16/h4-6,10H,7-9H2,1-3H3,(H,17,19). The Bertz CT molecular complexity index is 613. The summed E-state index contributed by atoms with van der Waals surface area (Å²) in [6.45, 7) is 3.54. The number of amides is 1. The Hall–Kier alpha value is -1.54. The van der Waals surface area contributed by atoms with Crippen molar-refractivity contribution < 1.29 is 22.0 Å². The number of carbonyl (C=O) groups excluding carboxylic acids is 1. The SMILES string of the molecule is CC(C)CCN(CC(=O)Nc1c(F)cccc1F)S(C)(=O)=O. The second-order valence-electron chi connectivity index (χ2n) is 5.42. The van der Waals surface area contributed by atoms with E-state index in [9.17, 15) is 22.0 Å². The third-order valence-electron chi connectivity index (χ3n) is 2.97. The predicted octanol–water partition coefficient (Wildman–Crippen LogP) is 2.21. The fraction of sp³-hybridized carbons (Fsp3) is 0.500. The lowest BCUT2D eigenvalue weighted by Gasteiger charge is -2.20. The molecule has 0 radical (unpaired) electrons. The molecule has 0 bridgehead atoms. The van der Waals surface area contributed by atoms with E-state index in [2.05, 4.69) is 5.32 Å². The quantitative estimate of drug-likeness (QED) is 0.831. The molecule has 0 aliphatic carbocycles. The average Bonchev–Trinajstić information content (AvgIpc) is 2.37. The highest BCUT2D eigenvalue weighted by Crippen LogP contribution is 2.18. The lowest BCUT2D eigenvalue weighted by atomic mass is 10.1. The second kappa shape index (κ2) is 7.64. The van der Waals surface area contributed by atoms with Crippen LogP contribution in [0.25, 0.3) is 0 Å². The van der Waals surface area contributed by atoms with Crippen molar-refractivity contribution in [2.75, 3.05) is 24.7 Å². The summed E-state index contributed by atoms with van der Waals surface area (Å²) in [6.07, 6.45) is 1.57. The molecule has 1 aromatic carbocycles. The van der Waals surface area contributed by atoms with E-state index in [1.807, 2.05) is 13.8 Å². The summed E-state index contributed by atoms with van der Waals surface area (Å²) in [5.41, 5.74) is -0.579. The number of nitrogens with one attached hydrogen (secondary N) is 1. The molecule has 0 aliphatic heterocycles. The van der Waals surface area contributed by atoms with Gasteiger partial charge in [0, 0.05) is 6.54 Å². The Morgan fingerprint density at radius 2 is 1.82 bits per heavy atom. The number of halogens is 2. The van der Waals surface area contributed by atoms with Crippen LogP contribution in [0.2, 0.25) is 0 Å². The Morgan fingerprint density at radius 1 is 1.27 bits per heavy atom. The van der Waals surface area contributed by atoms with E-state index < -0.39 is 39.8 Å². The van der Waals surface area contributed by atoms with E-state index in [1.54, 1.807) is 0 Å².